The van der Waals surface area contributed by atoms with E-state index in [1.165, 1.54) is 12.8 Å². The molecule has 0 aliphatic carbocycles. The molecule has 1 aromatic carbocycles. The maximum atomic E-state index is 11.8. The van der Waals surface area contributed by atoms with E-state index < -0.39 is 16.1 Å². The molecule has 1 aliphatic rings. The van der Waals surface area contributed by atoms with Gasteiger partial charge < -0.3 is 14.6 Å². The predicted molar refractivity (Wildman–Crippen MR) is 121 cm³/mol. The summed E-state index contributed by atoms with van der Waals surface area (Å²) in [6.45, 7) is 3.33. The molecule has 0 spiro atoms. The molecule has 2 aromatic rings. The van der Waals surface area contributed by atoms with Crippen LogP contribution in [0, 0.1) is 5.92 Å². The number of benzene rings is 1. The van der Waals surface area contributed by atoms with Crippen molar-refractivity contribution in [3.63, 3.8) is 0 Å². The van der Waals surface area contributed by atoms with Crippen LogP contribution in [0.2, 0.25) is 0 Å². The highest BCUT2D eigenvalue weighted by atomic mass is 35.5. The molecule has 1 fully saturated rings. The quantitative estimate of drug-likeness (QED) is 0.582. The summed E-state index contributed by atoms with van der Waals surface area (Å²) in [5, 5.41) is 6.42. The number of H-pyrrole nitrogens is 1. The normalized spacial score (nSPS) is 19.8. The first-order valence-electron chi connectivity index (χ1n) is 10.3. The molecule has 0 bridgehead atoms. The molecular formula is C21H34ClN3O3S. The predicted octanol–water partition coefficient (Wildman–Crippen LogP) is 3.92. The van der Waals surface area contributed by atoms with E-state index in [0.29, 0.717) is 24.1 Å². The molecule has 1 aliphatic heterocycles. The number of halogens is 1. The lowest BCUT2D eigenvalue weighted by atomic mass is 9.89. The average Bonchev–Trinajstić information content (AvgIpc) is 3.22. The number of nitrogens with zero attached hydrogens (tertiary/aromatic N) is 1. The summed E-state index contributed by atoms with van der Waals surface area (Å²) in [6.07, 6.45) is 7.87. The Morgan fingerprint density at radius 2 is 2.14 bits per heavy atom. The van der Waals surface area contributed by atoms with Gasteiger partial charge in [-0.2, -0.15) is 0 Å². The van der Waals surface area contributed by atoms with Crippen LogP contribution in [0.3, 0.4) is 0 Å². The lowest BCUT2D eigenvalue weighted by molar-refractivity contribution is 0.163. The molecule has 6 nitrogen and oxygen atoms in total. The summed E-state index contributed by atoms with van der Waals surface area (Å²) >= 11 is 0. The number of hydrogen-bond donors (Lipinski definition) is 2. The molecule has 3 unspecified atom stereocenters. The van der Waals surface area contributed by atoms with Gasteiger partial charge in [0.05, 0.1) is 0 Å². The maximum Gasteiger partial charge on any atom is 0.212 e. The zero-order valence-corrected chi connectivity index (χ0v) is 19.0. The molecule has 0 radical (unpaired) electrons. The number of nitrogens with one attached hydrogen (secondary N) is 1. The number of aromatic nitrogens is 1. The van der Waals surface area contributed by atoms with Crippen LogP contribution >= 0.6 is 12.4 Å². The average molecular weight is 444 g/mol. The molecule has 3 atom stereocenters. The summed E-state index contributed by atoms with van der Waals surface area (Å²) < 4.78 is 29.8. The van der Waals surface area contributed by atoms with Crippen LogP contribution in [0.25, 0.3) is 10.9 Å². The molecular weight excluding hydrogens is 410 g/mol. The van der Waals surface area contributed by atoms with E-state index in [1.54, 1.807) is 0 Å². The number of sulfonamides is 1. The van der Waals surface area contributed by atoms with Gasteiger partial charge in [0.25, 0.3) is 0 Å². The zero-order chi connectivity index (χ0) is 20.1. The van der Waals surface area contributed by atoms with E-state index in [1.807, 2.05) is 30.5 Å². The van der Waals surface area contributed by atoms with Gasteiger partial charge >= 0.3 is 0 Å². The Morgan fingerprint density at radius 3 is 2.79 bits per heavy atom. The number of nitrogens with two attached hydrogens (primary N) is 1. The minimum atomic E-state index is -3.62. The van der Waals surface area contributed by atoms with Crippen LogP contribution in [-0.2, 0) is 10.0 Å². The molecule has 1 aromatic heterocycles. The fraction of sp³-hybridized carbons (Fsp3) is 0.619. The van der Waals surface area contributed by atoms with Gasteiger partial charge in [-0.15, -0.1) is 12.4 Å². The number of ether oxygens (including phenoxy) is 1. The van der Waals surface area contributed by atoms with E-state index in [0.717, 1.165) is 36.7 Å². The van der Waals surface area contributed by atoms with Gasteiger partial charge in [-0.05, 0) is 69.5 Å². The molecule has 3 rings (SSSR count). The summed E-state index contributed by atoms with van der Waals surface area (Å²) in [4.78, 5) is 5.58. The number of aromatic amines is 1. The second kappa shape index (κ2) is 10.7. The Bertz CT molecular complexity index is 871. The Kier molecular flexibility index (Phi) is 8.82. The van der Waals surface area contributed by atoms with Crippen LogP contribution in [0.4, 0.5) is 0 Å². The second-order valence-corrected chi connectivity index (χ2v) is 9.86. The first-order valence-corrected chi connectivity index (χ1v) is 12.0. The maximum absolute atomic E-state index is 11.8. The second-order valence-electron chi connectivity index (χ2n) is 8.20. The third-order valence-electron chi connectivity index (χ3n) is 5.82. The summed E-state index contributed by atoms with van der Waals surface area (Å²) in [5.74, 6) is 0.964. The third-order valence-corrected chi connectivity index (χ3v) is 6.65. The van der Waals surface area contributed by atoms with Crippen LogP contribution < -0.4 is 9.88 Å². The highest BCUT2D eigenvalue weighted by molar-refractivity contribution is 7.89. The SMILES string of the molecule is CCCC(CC(CS(N)(=O)=O)Oc1ccc2[nH]ccc2c1)CC1CCCN1C.Cl. The number of primary sulfonamides is 1. The highest BCUT2D eigenvalue weighted by Crippen LogP contribution is 2.29. The monoisotopic (exact) mass is 443 g/mol. The van der Waals surface area contributed by atoms with Crippen molar-refractivity contribution in [2.75, 3.05) is 19.3 Å². The van der Waals surface area contributed by atoms with Crippen molar-refractivity contribution < 1.29 is 13.2 Å². The van der Waals surface area contributed by atoms with Gasteiger partial charge in [0.1, 0.15) is 17.6 Å². The largest absolute Gasteiger partial charge is 0.489 e. The highest BCUT2D eigenvalue weighted by Gasteiger charge is 2.28. The molecule has 0 saturated carbocycles. The fourth-order valence-electron chi connectivity index (χ4n) is 4.48. The van der Waals surface area contributed by atoms with Crippen molar-refractivity contribution in [3.8, 4) is 5.75 Å². The molecule has 29 heavy (non-hydrogen) atoms. The minimum Gasteiger partial charge on any atom is -0.489 e. The molecule has 1 saturated heterocycles. The van der Waals surface area contributed by atoms with Gasteiger partial charge in [0.15, 0.2) is 0 Å². The van der Waals surface area contributed by atoms with Gasteiger partial charge in [0.2, 0.25) is 10.0 Å². The number of hydrogen-bond acceptors (Lipinski definition) is 4. The lowest BCUT2D eigenvalue weighted by Crippen LogP contribution is -2.34. The summed E-state index contributed by atoms with van der Waals surface area (Å²) in [5.41, 5.74) is 1.03. The van der Waals surface area contributed by atoms with Crippen molar-refractivity contribution in [2.24, 2.45) is 11.1 Å². The first kappa shape index (κ1) is 24.0. The van der Waals surface area contributed by atoms with E-state index in [2.05, 4.69) is 23.9 Å². The van der Waals surface area contributed by atoms with Crippen LogP contribution in [0.1, 0.15) is 45.4 Å². The molecule has 164 valence electrons. The fourth-order valence-corrected chi connectivity index (χ4v) is 5.20. The van der Waals surface area contributed by atoms with Crippen LogP contribution in [0.5, 0.6) is 5.75 Å². The van der Waals surface area contributed by atoms with Crippen LogP contribution in [-0.4, -0.2) is 49.8 Å². The van der Waals surface area contributed by atoms with E-state index in [-0.39, 0.29) is 18.2 Å². The first-order chi connectivity index (χ1) is 13.3. The Hall–Kier alpha value is -1.28. The van der Waals surface area contributed by atoms with Crippen molar-refractivity contribution >= 4 is 33.3 Å². The molecule has 0 amide bonds. The smallest absolute Gasteiger partial charge is 0.212 e. The van der Waals surface area contributed by atoms with Crippen molar-refractivity contribution in [2.45, 2.75) is 57.6 Å². The summed E-state index contributed by atoms with van der Waals surface area (Å²) in [7, 11) is -1.43. The van der Waals surface area contributed by atoms with Gasteiger partial charge in [-0.25, -0.2) is 13.6 Å². The third kappa shape index (κ3) is 7.17. The Labute approximate surface area is 180 Å². The van der Waals surface area contributed by atoms with Gasteiger partial charge in [-0.1, -0.05) is 19.8 Å². The van der Waals surface area contributed by atoms with Crippen molar-refractivity contribution in [1.29, 1.82) is 0 Å². The topological polar surface area (TPSA) is 88.4 Å². The van der Waals surface area contributed by atoms with E-state index in [9.17, 15) is 8.42 Å². The van der Waals surface area contributed by atoms with Crippen molar-refractivity contribution in [3.05, 3.63) is 30.5 Å². The lowest BCUT2D eigenvalue weighted by Gasteiger charge is -2.28. The zero-order valence-electron chi connectivity index (χ0n) is 17.3. The standard InChI is InChI=1S/C21H33N3O3S.ClH/c1-3-5-16(12-18-6-4-11-24(18)2)13-20(15-28(22,25)26)27-19-7-8-21-17(14-19)9-10-23-21;/h7-10,14,16,18,20,23H,3-6,11-13,15H2,1-2H3,(H2,22,25,26);1H. The van der Waals surface area contributed by atoms with Gasteiger partial charge in [-0.3, -0.25) is 0 Å². The molecule has 3 N–H and O–H groups in total. The van der Waals surface area contributed by atoms with Crippen LogP contribution in [0.15, 0.2) is 30.5 Å². The Morgan fingerprint density at radius 1 is 1.34 bits per heavy atom. The van der Waals surface area contributed by atoms with E-state index in [4.69, 9.17) is 9.88 Å². The molecule has 2 heterocycles. The van der Waals surface area contributed by atoms with Crippen molar-refractivity contribution in [1.82, 2.24) is 9.88 Å². The molecule has 8 heteroatoms. The minimum absolute atomic E-state index is 0. The van der Waals surface area contributed by atoms with Gasteiger partial charge in [0, 0.05) is 23.1 Å². The number of likely N-dealkylation sites (tertiary alicyclic amines) is 1. The Balaban J connectivity index is 0.00000300. The number of rotatable bonds is 10. The van der Waals surface area contributed by atoms with E-state index >= 15 is 0 Å². The summed E-state index contributed by atoms with van der Waals surface area (Å²) in [6, 6.07) is 8.35. The number of fused-ring (bicyclic) bond motifs is 1.